The highest BCUT2D eigenvalue weighted by molar-refractivity contribution is 6.31. The minimum Gasteiger partial charge on any atom is -0.366 e. The van der Waals surface area contributed by atoms with Gasteiger partial charge in [-0.2, -0.15) is 0 Å². The van der Waals surface area contributed by atoms with Crippen molar-refractivity contribution in [1.29, 1.82) is 0 Å². The average Bonchev–Trinajstić information content (AvgIpc) is 3.00. The molecule has 0 aliphatic carbocycles. The molecule has 0 saturated carbocycles. The predicted octanol–water partition coefficient (Wildman–Crippen LogP) is 5.94. The topological polar surface area (TPSA) is 52.7 Å². The second-order valence-corrected chi connectivity index (χ2v) is 9.77. The van der Waals surface area contributed by atoms with Crippen LogP contribution in [0.15, 0.2) is 48.2 Å². The van der Waals surface area contributed by atoms with Crippen LogP contribution < -0.4 is 10.2 Å². The fraction of sp³-hybridized carbons (Fsp3) is 0.385. The smallest absolute Gasteiger partial charge is 0.329 e. The second kappa shape index (κ2) is 8.62. The molecule has 2 heterocycles. The van der Waals surface area contributed by atoms with Gasteiger partial charge >= 0.3 is 6.03 Å². The molecule has 0 radical (unpaired) electrons. The zero-order valence-corrected chi connectivity index (χ0v) is 19.9. The zero-order chi connectivity index (χ0) is 23.0. The molecule has 2 aliphatic rings. The van der Waals surface area contributed by atoms with Crippen molar-refractivity contribution in [3.05, 3.63) is 69.9 Å². The number of carbonyl (C=O) groups excluding carboxylic acids is 2. The molecular weight excluding hydrogens is 422 g/mol. The Balaban J connectivity index is 1.61. The Hall–Kier alpha value is -2.79. The monoisotopic (exact) mass is 451 g/mol. The first-order chi connectivity index (χ1) is 15.2. The Morgan fingerprint density at radius 1 is 1.19 bits per heavy atom. The van der Waals surface area contributed by atoms with Crippen LogP contribution in [0.25, 0.3) is 6.08 Å². The summed E-state index contributed by atoms with van der Waals surface area (Å²) in [5, 5.41) is 3.26. The highest BCUT2D eigenvalue weighted by Gasteiger charge is 2.36. The Morgan fingerprint density at radius 3 is 2.66 bits per heavy atom. The lowest BCUT2D eigenvalue weighted by atomic mass is 9.79. The van der Waals surface area contributed by atoms with Gasteiger partial charge in [0.25, 0.3) is 5.91 Å². The van der Waals surface area contributed by atoms with Gasteiger partial charge < -0.3 is 10.2 Å². The molecule has 168 valence electrons. The summed E-state index contributed by atoms with van der Waals surface area (Å²) in [6, 6.07) is 13.1. The zero-order valence-electron chi connectivity index (χ0n) is 19.1. The highest BCUT2D eigenvalue weighted by Crippen LogP contribution is 2.43. The highest BCUT2D eigenvalue weighted by atomic mass is 35.5. The van der Waals surface area contributed by atoms with E-state index in [1.165, 1.54) is 16.2 Å². The Bertz CT molecular complexity index is 1090. The van der Waals surface area contributed by atoms with Gasteiger partial charge in [0.15, 0.2) is 0 Å². The van der Waals surface area contributed by atoms with E-state index in [-0.39, 0.29) is 23.7 Å². The van der Waals surface area contributed by atoms with E-state index in [2.05, 4.69) is 50.0 Å². The first-order valence-corrected chi connectivity index (χ1v) is 11.6. The van der Waals surface area contributed by atoms with Crippen LogP contribution in [0.1, 0.15) is 63.1 Å². The molecule has 6 heteroatoms. The number of carbonyl (C=O) groups is 2. The molecule has 1 N–H and O–H groups in total. The van der Waals surface area contributed by atoms with E-state index in [9.17, 15) is 9.59 Å². The predicted molar refractivity (Wildman–Crippen MR) is 130 cm³/mol. The first-order valence-electron chi connectivity index (χ1n) is 11.2. The standard InChI is InChI=1S/C26H30ClN3O2/c1-5-12-30-23-11-10-18(13-20(23)17(2)15-26(30,3)4)14-22-24(31)29(25(32)28-22)16-19-8-6-7-9-21(19)27/h6-11,13-14,17H,5,12,15-16H2,1-4H3,(H,28,32)/b22-14+. The van der Waals surface area contributed by atoms with Gasteiger partial charge in [-0.25, -0.2) is 4.79 Å². The maximum Gasteiger partial charge on any atom is 0.329 e. The van der Waals surface area contributed by atoms with Gasteiger partial charge in [-0.15, -0.1) is 0 Å². The van der Waals surface area contributed by atoms with Crippen molar-refractivity contribution in [2.24, 2.45) is 0 Å². The van der Waals surface area contributed by atoms with Gasteiger partial charge in [-0.05, 0) is 73.6 Å². The number of hydrogen-bond donors (Lipinski definition) is 1. The lowest BCUT2D eigenvalue weighted by molar-refractivity contribution is -0.123. The van der Waals surface area contributed by atoms with E-state index in [0.29, 0.717) is 10.9 Å². The molecule has 5 nitrogen and oxygen atoms in total. The maximum absolute atomic E-state index is 12.9. The van der Waals surface area contributed by atoms with Gasteiger partial charge in [-0.3, -0.25) is 9.69 Å². The summed E-state index contributed by atoms with van der Waals surface area (Å²) in [5.41, 5.74) is 4.60. The largest absolute Gasteiger partial charge is 0.366 e. The lowest BCUT2D eigenvalue weighted by Crippen LogP contribution is -2.48. The van der Waals surface area contributed by atoms with Crippen LogP contribution in [0.2, 0.25) is 5.02 Å². The number of benzene rings is 2. The molecule has 0 spiro atoms. The van der Waals surface area contributed by atoms with Crippen molar-refractivity contribution in [3.63, 3.8) is 0 Å². The van der Waals surface area contributed by atoms with Crippen molar-refractivity contribution < 1.29 is 9.59 Å². The summed E-state index contributed by atoms with van der Waals surface area (Å²) in [4.78, 5) is 29.1. The van der Waals surface area contributed by atoms with Crippen molar-refractivity contribution in [3.8, 4) is 0 Å². The normalized spacial score (nSPS) is 21.2. The molecule has 4 rings (SSSR count). The summed E-state index contributed by atoms with van der Waals surface area (Å²) in [7, 11) is 0. The van der Waals surface area contributed by atoms with E-state index in [1.54, 1.807) is 12.1 Å². The van der Waals surface area contributed by atoms with Crippen LogP contribution in [0, 0.1) is 0 Å². The van der Waals surface area contributed by atoms with Crippen LogP contribution in [0.3, 0.4) is 0 Å². The van der Waals surface area contributed by atoms with Crippen molar-refractivity contribution in [2.75, 3.05) is 11.4 Å². The third-order valence-electron chi connectivity index (χ3n) is 6.42. The van der Waals surface area contributed by atoms with Gasteiger partial charge in [0.1, 0.15) is 5.70 Å². The van der Waals surface area contributed by atoms with Crippen LogP contribution in [-0.2, 0) is 11.3 Å². The van der Waals surface area contributed by atoms with E-state index < -0.39 is 6.03 Å². The van der Waals surface area contributed by atoms with E-state index in [1.807, 2.05) is 24.3 Å². The molecular formula is C26H30ClN3O2. The number of urea groups is 1. The number of nitrogens with zero attached hydrogens (tertiary/aromatic N) is 2. The average molecular weight is 452 g/mol. The number of imide groups is 1. The molecule has 2 aromatic carbocycles. The number of nitrogens with one attached hydrogen (secondary N) is 1. The molecule has 1 fully saturated rings. The summed E-state index contributed by atoms with van der Waals surface area (Å²) in [5.74, 6) is 0.0754. The quantitative estimate of drug-likeness (QED) is 0.452. The van der Waals surface area contributed by atoms with Crippen LogP contribution in [0.5, 0.6) is 0 Å². The Kier molecular flexibility index (Phi) is 6.04. The van der Waals surface area contributed by atoms with Crippen LogP contribution in [0.4, 0.5) is 10.5 Å². The molecule has 1 saturated heterocycles. The minimum atomic E-state index is -0.427. The Labute approximate surface area is 195 Å². The molecule has 0 bridgehead atoms. The summed E-state index contributed by atoms with van der Waals surface area (Å²) >= 11 is 6.21. The minimum absolute atomic E-state index is 0.108. The number of amides is 3. The third kappa shape index (κ3) is 4.14. The summed E-state index contributed by atoms with van der Waals surface area (Å²) in [6.45, 7) is 10.2. The fourth-order valence-corrected chi connectivity index (χ4v) is 5.12. The van der Waals surface area contributed by atoms with Gasteiger partial charge in [0.05, 0.1) is 6.54 Å². The van der Waals surface area contributed by atoms with E-state index >= 15 is 0 Å². The van der Waals surface area contributed by atoms with Gasteiger partial charge in [0.2, 0.25) is 0 Å². The molecule has 2 aromatic rings. The molecule has 2 aliphatic heterocycles. The molecule has 32 heavy (non-hydrogen) atoms. The van der Waals surface area contributed by atoms with Crippen molar-refractivity contribution >= 4 is 35.3 Å². The van der Waals surface area contributed by atoms with Gasteiger partial charge in [0, 0.05) is 22.8 Å². The SMILES string of the molecule is CCCN1c2ccc(/C=C3/NC(=O)N(Cc4ccccc4Cl)C3=O)cc2C(C)CC1(C)C. The number of rotatable bonds is 5. The van der Waals surface area contributed by atoms with Gasteiger partial charge in [-0.1, -0.05) is 49.7 Å². The number of fused-ring (bicyclic) bond motifs is 1. The van der Waals surface area contributed by atoms with Crippen LogP contribution in [-0.4, -0.2) is 28.9 Å². The molecule has 1 unspecified atom stereocenters. The fourth-order valence-electron chi connectivity index (χ4n) is 4.92. The molecule has 1 atom stereocenters. The third-order valence-corrected chi connectivity index (χ3v) is 6.79. The van der Waals surface area contributed by atoms with E-state index in [4.69, 9.17) is 11.6 Å². The van der Waals surface area contributed by atoms with Crippen LogP contribution >= 0.6 is 11.6 Å². The summed E-state index contributed by atoms with van der Waals surface area (Å²) < 4.78 is 0. The number of anilines is 1. The second-order valence-electron chi connectivity index (χ2n) is 9.36. The first kappa shape index (κ1) is 22.4. The van der Waals surface area contributed by atoms with E-state index in [0.717, 1.165) is 30.5 Å². The van der Waals surface area contributed by atoms with Crippen molar-refractivity contribution in [2.45, 2.75) is 58.5 Å². The number of hydrogen-bond acceptors (Lipinski definition) is 3. The molecule has 3 amide bonds. The summed E-state index contributed by atoms with van der Waals surface area (Å²) in [6.07, 6.45) is 3.93. The Morgan fingerprint density at radius 2 is 1.94 bits per heavy atom. The number of halogens is 1. The van der Waals surface area contributed by atoms with Crippen molar-refractivity contribution in [1.82, 2.24) is 10.2 Å². The lowest BCUT2D eigenvalue weighted by Gasteiger charge is -2.47. The maximum atomic E-state index is 12.9. The molecule has 0 aromatic heterocycles.